The van der Waals surface area contributed by atoms with Crippen LogP contribution in [0.1, 0.15) is 25.8 Å². The molecule has 0 saturated carbocycles. The highest BCUT2D eigenvalue weighted by Crippen LogP contribution is 2.32. The number of carbonyl (C=O) groups is 1. The van der Waals surface area contributed by atoms with Gasteiger partial charge in [-0.2, -0.15) is 5.48 Å². The quantitative estimate of drug-likeness (QED) is 0.494. The van der Waals surface area contributed by atoms with Crippen LogP contribution in [0, 0.1) is 5.92 Å². The summed E-state index contributed by atoms with van der Waals surface area (Å²) in [5.41, 5.74) is 8.34. The number of carbonyl (C=O) groups excluding carboxylic acids is 1. The maximum absolute atomic E-state index is 11.8. The third-order valence-electron chi connectivity index (χ3n) is 2.98. The van der Waals surface area contributed by atoms with Crippen LogP contribution in [0.4, 0.5) is 0 Å². The summed E-state index contributed by atoms with van der Waals surface area (Å²) in [5.74, 6) is -1.06. The van der Waals surface area contributed by atoms with E-state index in [2.05, 4.69) is 10.0 Å². The van der Waals surface area contributed by atoms with Gasteiger partial charge in [0.1, 0.15) is 6.04 Å². The van der Waals surface area contributed by atoms with Gasteiger partial charge in [0.25, 0.3) is 0 Å². The van der Waals surface area contributed by atoms with Gasteiger partial charge in [0.05, 0.1) is 6.61 Å². The number of hydrogen-bond acceptors (Lipinski definition) is 5. The first-order valence-electron chi connectivity index (χ1n) is 6.59. The van der Waals surface area contributed by atoms with E-state index in [0.717, 1.165) is 5.56 Å². The van der Waals surface area contributed by atoms with E-state index < -0.39 is 19.8 Å². The molecule has 1 aromatic rings. The highest BCUT2D eigenvalue weighted by atomic mass is 31.2. The van der Waals surface area contributed by atoms with E-state index in [-0.39, 0.29) is 12.5 Å². The van der Waals surface area contributed by atoms with Gasteiger partial charge in [-0.25, -0.2) is 14.9 Å². The Morgan fingerprint density at radius 2 is 2.05 bits per heavy atom. The van der Waals surface area contributed by atoms with Crippen LogP contribution in [0.3, 0.4) is 0 Å². The Labute approximate surface area is 124 Å². The van der Waals surface area contributed by atoms with E-state index in [9.17, 15) is 9.36 Å². The van der Waals surface area contributed by atoms with Crippen molar-refractivity contribution in [2.24, 2.45) is 11.4 Å². The Balaban J connectivity index is 2.58. The number of nitrogens with two attached hydrogens (primary N) is 1. The van der Waals surface area contributed by atoms with Crippen molar-refractivity contribution >= 4 is 13.7 Å². The molecular weight excluding hydrogens is 295 g/mol. The monoisotopic (exact) mass is 316 g/mol. The molecule has 0 saturated heterocycles. The molecule has 8 heteroatoms. The van der Waals surface area contributed by atoms with Crippen LogP contribution < -0.4 is 11.0 Å². The number of nitrogens with one attached hydrogen (secondary N) is 1. The van der Waals surface area contributed by atoms with E-state index in [4.69, 9.17) is 15.2 Å². The van der Waals surface area contributed by atoms with E-state index in [1.54, 1.807) is 6.92 Å². The van der Waals surface area contributed by atoms with Crippen molar-refractivity contribution in [2.75, 3.05) is 0 Å². The van der Waals surface area contributed by atoms with Crippen LogP contribution >= 0.6 is 7.75 Å². The molecule has 3 atom stereocenters. The highest BCUT2D eigenvalue weighted by Gasteiger charge is 2.30. The van der Waals surface area contributed by atoms with Crippen LogP contribution in [0.15, 0.2) is 30.3 Å². The molecule has 0 heterocycles. The van der Waals surface area contributed by atoms with Crippen molar-refractivity contribution in [1.29, 1.82) is 0 Å². The van der Waals surface area contributed by atoms with Gasteiger partial charge in [-0.05, 0) is 11.5 Å². The second kappa shape index (κ2) is 8.26. The third kappa shape index (κ3) is 6.84. The molecule has 118 valence electrons. The van der Waals surface area contributed by atoms with E-state index >= 15 is 0 Å². The van der Waals surface area contributed by atoms with Crippen molar-refractivity contribution in [3.05, 3.63) is 35.9 Å². The maximum atomic E-state index is 11.8. The molecule has 0 aliphatic rings. The van der Waals surface area contributed by atoms with Gasteiger partial charge in [0.15, 0.2) is 0 Å². The topological polar surface area (TPSA) is 111 Å². The van der Waals surface area contributed by atoms with Crippen LogP contribution in [-0.4, -0.2) is 16.9 Å². The minimum atomic E-state index is -4.36. The summed E-state index contributed by atoms with van der Waals surface area (Å²) in [7, 11) is -4.36. The smallest absolute Gasteiger partial charge is 0.379 e. The van der Waals surface area contributed by atoms with E-state index in [1.165, 1.54) is 0 Å². The molecule has 21 heavy (non-hydrogen) atoms. The molecule has 4 N–H and O–H groups in total. The van der Waals surface area contributed by atoms with Crippen molar-refractivity contribution in [2.45, 2.75) is 32.9 Å². The molecule has 0 bridgehead atoms. The molecule has 0 radical (unpaired) electrons. The van der Waals surface area contributed by atoms with Gasteiger partial charge in [-0.3, -0.25) is 4.84 Å². The van der Waals surface area contributed by atoms with E-state index in [0.29, 0.717) is 6.42 Å². The Kier molecular flexibility index (Phi) is 7.01. The molecule has 0 amide bonds. The normalized spacial score (nSPS) is 16.8. The summed E-state index contributed by atoms with van der Waals surface area (Å²) in [6.45, 7) is 3.93. The lowest BCUT2D eigenvalue weighted by atomic mass is 10.0. The minimum absolute atomic E-state index is 0.153. The standard InChI is InChI=1S/C13H21N2O5P/c1-3-10(2)12(13(16)20-21(14,17)18)15-19-9-11-7-5-4-6-8-11/h4-8,10,12,15H,3,9H2,1-2H3,(H3,14,17,18)/t10-,12-/m0/s1. The van der Waals surface area contributed by atoms with Gasteiger partial charge in [0.2, 0.25) is 0 Å². The lowest BCUT2D eigenvalue weighted by molar-refractivity contribution is -0.144. The van der Waals surface area contributed by atoms with Crippen LogP contribution in [0.5, 0.6) is 0 Å². The van der Waals surface area contributed by atoms with Gasteiger partial charge in [-0.15, -0.1) is 0 Å². The predicted octanol–water partition coefficient (Wildman–Crippen LogP) is 1.72. The van der Waals surface area contributed by atoms with Crippen LogP contribution in [-0.2, 0) is 25.3 Å². The number of hydrogen-bond donors (Lipinski definition) is 3. The SMILES string of the molecule is CC[C@H](C)[C@H](NOCc1ccccc1)C(=O)OP(N)(=O)O. The summed E-state index contributed by atoms with van der Waals surface area (Å²) in [6, 6.07) is 8.50. The number of benzene rings is 1. The van der Waals surface area contributed by atoms with Crippen LogP contribution in [0.25, 0.3) is 0 Å². The van der Waals surface area contributed by atoms with Gasteiger partial charge < -0.3 is 9.42 Å². The molecule has 0 aliphatic carbocycles. The molecule has 0 aliphatic heterocycles. The molecule has 1 aromatic carbocycles. The summed E-state index contributed by atoms with van der Waals surface area (Å²) in [4.78, 5) is 26.0. The Morgan fingerprint density at radius 3 is 2.57 bits per heavy atom. The lowest BCUT2D eigenvalue weighted by Crippen LogP contribution is -2.42. The first kappa shape index (κ1) is 17.8. The Hall–Kier alpha value is -1.24. The van der Waals surface area contributed by atoms with Crippen molar-refractivity contribution in [3.8, 4) is 0 Å². The largest absolute Gasteiger partial charge is 0.455 e. The molecule has 0 aromatic heterocycles. The van der Waals surface area contributed by atoms with Gasteiger partial charge in [-0.1, -0.05) is 50.6 Å². The number of hydroxylamine groups is 1. The van der Waals surface area contributed by atoms with E-state index in [1.807, 2.05) is 37.3 Å². The Bertz CT molecular complexity index is 491. The first-order chi connectivity index (χ1) is 9.83. The molecule has 0 spiro atoms. The fourth-order valence-electron chi connectivity index (χ4n) is 1.61. The average molecular weight is 316 g/mol. The molecular formula is C13H21N2O5P. The van der Waals surface area contributed by atoms with Gasteiger partial charge >= 0.3 is 13.7 Å². The molecule has 1 unspecified atom stereocenters. The summed E-state index contributed by atoms with van der Waals surface area (Å²) < 4.78 is 15.3. The van der Waals surface area contributed by atoms with Crippen molar-refractivity contribution in [1.82, 2.24) is 5.48 Å². The second-order valence-corrected chi connectivity index (χ2v) is 6.04. The fourth-order valence-corrected chi connectivity index (χ4v) is 1.98. The summed E-state index contributed by atoms with van der Waals surface area (Å²) >= 11 is 0. The van der Waals surface area contributed by atoms with Gasteiger partial charge in [0, 0.05) is 0 Å². The van der Waals surface area contributed by atoms with Crippen LogP contribution in [0.2, 0.25) is 0 Å². The summed E-state index contributed by atoms with van der Waals surface area (Å²) in [6.07, 6.45) is 0.655. The average Bonchev–Trinajstić information content (AvgIpc) is 2.42. The van der Waals surface area contributed by atoms with Crippen molar-refractivity contribution in [3.63, 3.8) is 0 Å². The fraction of sp³-hybridized carbons (Fsp3) is 0.462. The zero-order chi connectivity index (χ0) is 15.9. The zero-order valence-electron chi connectivity index (χ0n) is 12.1. The first-order valence-corrected chi connectivity index (χ1v) is 8.24. The second-order valence-electron chi connectivity index (χ2n) is 4.73. The highest BCUT2D eigenvalue weighted by molar-refractivity contribution is 7.50. The van der Waals surface area contributed by atoms with Crippen molar-refractivity contribution < 1.29 is 23.6 Å². The lowest BCUT2D eigenvalue weighted by Gasteiger charge is -2.22. The summed E-state index contributed by atoms with van der Waals surface area (Å²) in [5, 5.41) is 0. The molecule has 7 nitrogen and oxygen atoms in total. The minimum Gasteiger partial charge on any atom is -0.379 e. The predicted molar refractivity (Wildman–Crippen MR) is 77.7 cm³/mol. The zero-order valence-corrected chi connectivity index (χ0v) is 13.0. The Morgan fingerprint density at radius 1 is 1.43 bits per heavy atom. The molecule has 1 rings (SSSR count). The molecule has 0 fully saturated rings. The maximum Gasteiger partial charge on any atom is 0.455 e. The number of rotatable bonds is 8. The third-order valence-corrected chi connectivity index (χ3v) is 3.42.